The molecule has 2 rings (SSSR count). The van der Waals surface area contributed by atoms with Gasteiger partial charge in [0.15, 0.2) is 6.10 Å². The first-order valence-corrected chi connectivity index (χ1v) is 7.33. The number of carbonyl (C=O) groups excluding carboxylic acids is 1. The molecule has 0 radical (unpaired) electrons. The van der Waals surface area contributed by atoms with E-state index < -0.39 is 6.10 Å². The molecule has 1 amide bonds. The average Bonchev–Trinajstić information content (AvgIpc) is 2.56. The van der Waals surface area contributed by atoms with Crippen molar-refractivity contribution in [2.45, 2.75) is 26.4 Å². The standard InChI is InChI=1S/C18H21NO3/c1-4-14-7-5-6-8-17(14)22-13(2)18(20)19-15-9-11-16(21-3)12-10-15/h5-13H,4H2,1-3H3,(H,19,20)/t13-/m1/s1. The molecule has 1 N–H and O–H groups in total. The lowest BCUT2D eigenvalue weighted by molar-refractivity contribution is -0.122. The molecule has 4 heteroatoms. The van der Waals surface area contributed by atoms with Crippen molar-refractivity contribution in [1.29, 1.82) is 0 Å². The van der Waals surface area contributed by atoms with Crippen molar-refractivity contribution in [1.82, 2.24) is 0 Å². The molecule has 2 aromatic rings. The Hall–Kier alpha value is -2.49. The smallest absolute Gasteiger partial charge is 0.265 e. The summed E-state index contributed by atoms with van der Waals surface area (Å²) >= 11 is 0. The van der Waals surface area contributed by atoms with Crippen LogP contribution in [0.3, 0.4) is 0 Å². The lowest BCUT2D eigenvalue weighted by atomic mass is 10.1. The van der Waals surface area contributed by atoms with Gasteiger partial charge in [-0.1, -0.05) is 25.1 Å². The summed E-state index contributed by atoms with van der Waals surface area (Å²) in [6.07, 6.45) is 0.290. The molecule has 0 saturated heterocycles. The lowest BCUT2D eigenvalue weighted by Gasteiger charge is -2.17. The first kappa shape index (κ1) is 15.9. The van der Waals surface area contributed by atoms with Crippen LogP contribution in [-0.2, 0) is 11.2 Å². The van der Waals surface area contributed by atoms with Gasteiger partial charge in [0.25, 0.3) is 5.91 Å². The van der Waals surface area contributed by atoms with E-state index in [4.69, 9.17) is 9.47 Å². The Morgan fingerprint density at radius 3 is 2.45 bits per heavy atom. The van der Waals surface area contributed by atoms with Gasteiger partial charge in [-0.05, 0) is 49.2 Å². The third kappa shape index (κ3) is 4.01. The molecule has 2 aromatic carbocycles. The maximum absolute atomic E-state index is 12.2. The van der Waals surface area contributed by atoms with Gasteiger partial charge in [0.2, 0.25) is 0 Å². The Bertz CT molecular complexity index is 622. The van der Waals surface area contributed by atoms with Crippen LogP contribution in [0, 0.1) is 0 Å². The van der Waals surface area contributed by atoms with Crippen LogP contribution in [-0.4, -0.2) is 19.1 Å². The molecule has 0 spiro atoms. The van der Waals surface area contributed by atoms with E-state index in [9.17, 15) is 4.79 Å². The zero-order valence-electron chi connectivity index (χ0n) is 13.1. The number of nitrogens with one attached hydrogen (secondary N) is 1. The molecule has 0 saturated carbocycles. The number of methoxy groups -OCH3 is 1. The quantitative estimate of drug-likeness (QED) is 0.885. The highest BCUT2D eigenvalue weighted by atomic mass is 16.5. The normalized spacial score (nSPS) is 11.6. The Morgan fingerprint density at radius 2 is 1.82 bits per heavy atom. The van der Waals surface area contributed by atoms with E-state index in [2.05, 4.69) is 12.2 Å². The van der Waals surface area contributed by atoms with E-state index >= 15 is 0 Å². The predicted molar refractivity (Wildman–Crippen MR) is 87.5 cm³/mol. The maximum Gasteiger partial charge on any atom is 0.265 e. The van der Waals surface area contributed by atoms with E-state index in [0.29, 0.717) is 5.69 Å². The second kappa shape index (κ2) is 7.50. The lowest BCUT2D eigenvalue weighted by Crippen LogP contribution is -2.30. The average molecular weight is 299 g/mol. The summed E-state index contributed by atoms with van der Waals surface area (Å²) in [7, 11) is 1.61. The maximum atomic E-state index is 12.2. The van der Waals surface area contributed by atoms with Gasteiger partial charge in [0.1, 0.15) is 11.5 Å². The Balaban J connectivity index is 1.99. The van der Waals surface area contributed by atoms with Gasteiger partial charge in [-0.3, -0.25) is 4.79 Å². The fourth-order valence-corrected chi connectivity index (χ4v) is 2.07. The molecule has 0 aliphatic rings. The summed E-state index contributed by atoms with van der Waals surface area (Å²) in [6, 6.07) is 14.9. The van der Waals surface area contributed by atoms with Crippen molar-refractivity contribution in [3.63, 3.8) is 0 Å². The number of hydrogen-bond acceptors (Lipinski definition) is 3. The minimum atomic E-state index is -0.574. The first-order valence-electron chi connectivity index (χ1n) is 7.33. The molecular weight excluding hydrogens is 278 g/mol. The van der Waals surface area contributed by atoms with Crippen molar-refractivity contribution < 1.29 is 14.3 Å². The number of anilines is 1. The number of carbonyl (C=O) groups is 1. The molecule has 0 aliphatic heterocycles. The Kier molecular flexibility index (Phi) is 5.42. The SMILES string of the molecule is CCc1ccccc1O[C@H](C)C(=O)Nc1ccc(OC)cc1. The van der Waals surface area contributed by atoms with Gasteiger partial charge in [-0.2, -0.15) is 0 Å². The molecular formula is C18H21NO3. The van der Waals surface area contributed by atoms with Crippen LogP contribution in [0.1, 0.15) is 19.4 Å². The van der Waals surface area contributed by atoms with Gasteiger partial charge in [-0.25, -0.2) is 0 Å². The summed E-state index contributed by atoms with van der Waals surface area (Å²) in [5.41, 5.74) is 1.80. The number of hydrogen-bond donors (Lipinski definition) is 1. The van der Waals surface area contributed by atoms with Crippen LogP contribution in [0.25, 0.3) is 0 Å². The summed E-state index contributed by atoms with van der Waals surface area (Å²) in [5.74, 6) is 1.32. The molecule has 4 nitrogen and oxygen atoms in total. The number of ether oxygens (including phenoxy) is 2. The van der Waals surface area contributed by atoms with Crippen molar-refractivity contribution in [3.8, 4) is 11.5 Å². The molecule has 0 fully saturated rings. The first-order chi connectivity index (χ1) is 10.6. The minimum absolute atomic E-state index is 0.184. The largest absolute Gasteiger partial charge is 0.497 e. The molecule has 1 atom stereocenters. The molecule has 0 unspecified atom stereocenters. The fraction of sp³-hybridized carbons (Fsp3) is 0.278. The second-order valence-electron chi connectivity index (χ2n) is 4.94. The molecule has 22 heavy (non-hydrogen) atoms. The van der Waals surface area contributed by atoms with E-state index in [0.717, 1.165) is 23.5 Å². The van der Waals surface area contributed by atoms with Crippen molar-refractivity contribution in [2.75, 3.05) is 12.4 Å². The molecule has 116 valence electrons. The predicted octanol–water partition coefficient (Wildman–Crippen LogP) is 3.66. The highest BCUT2D eigenvalue weighted by molar-refractivity contribution is 5.94. The minimum Gasteiger partial charge on any atom is -0.497 e. The van der Waals surface area contributed by atoms with E-state index in [1.54, 1.807) is 38.3 Å². The van der Waals surface area contributed by atoms with Crippen LogP contribution < -0.4 is 14.8 Å². The number of aryl methyl sites for hydroxylation is 1. The summed E-state index contributed by atoms with van der Waals surface area (Å²) in [6.45, 7) is 3.80. The van der Waals surface area contributed by atoms with E-state index in [-0.39, 0.29) is 5.91 Å². The third-order valence-corrected chi connectivity index (χ3v) is 3.38. The zero-order chi connectivity index (χ0) is 15.9. The van der Waals surface area contributed by atoms with Crippen LogP contribution in [0.2, 0.25) is 0 Å². The van der Waals surface area contributed by atoms with E-state index in [1.807, 2.05) is 24.3 Å². The summed E-state index contributed by atoms with van der Waals surface area (Å²) < 4.78 is 10.9. The fourth-order valence-electron chi connectivity index (χ4n) is 2.07. The highest BCUT2D eigenvalue weighted by Crippen LogP contribution is 2.20. The van der Waals surface area contributed by atoms with Crippen molar-refractivity contribution in [3.05, 3.63) is 54.1 Å². The van der Waals surface area contributed by atoms with Gasteiger partial charge in [0.05, 0.1) is 7.11 Å². The monoisotopic (exact) mass is 299 g/mol. The Labute approximate surface area is 131 Å². The zero-order valence-corrected chi connectivity index (χ0v) is 13.1. The van der Waals surface area contributed by atoms with Crippen LogP contribution >= 0.6 is 0 Å². The second-order valence-corrected chi connectivity index (χ2v) is 4.94. The third-order valence-electron chi connectivity index (χ3n) is 3.38. The van der Waals surface area contributed by atoms with Gasteiger partial charge >= 0.3 is 0 Å². The number of benzene rings is 2. The van der Waals surface area contributed by atoms with Crippen molar-refractivity contribution >= 4 is 11.6 Å². The number of amides is 1. The highest BCUT2D eigenvalue weighted by Gasteiger charge is 2.16. The van der Waals surface area contributed by atoms with E-state index in [1.165, 1.54) is 0 Å². The van der Waals surface area contributed by atoms with Crippen molar-refractivity contribution in [2.24, 2.45) is 0 Å². The Morgan fingerprint density at radius 1 is 1.14 bits per heavy atom. The number of rotatable bonds is 6. The van der Waals surface area contributed by atoms with Gasteiger partial charge in [0, 0.05) is 5.69 Å². The summed E-state index contributed by atoms with van der Waals surface area (Å²) in [4.78, 5) is 12.2. The van der Waals surface area contributed by atoms with Crippen LogP contribution in [0.5, 0.6) is 11.5 Å². The molecule has 0 aromatic heterocycles. The molecule has 0 aliphatic carbocycles. The van der Waals surface area contributed by atoms with Gasteiger partial charge in [-0.15, -0.1) is 0 Å². The topological polar surface area (TPSA) is 47.6 Å². The molecule has 0 bridgehead atoms. The van der Waals surface area contributed by atoms with Crippen LogP contribution in [0.15, 0.2) is 48.5 Å². The summed E-state index contributed by atoms with van der Waals surface area (Å²) in [5, 5.41) is 2.83. The molecule has 0 heterocycles. The van der Waals surface area contributed by atoms with Crippen LogP contribution in [0.4, 0.5) is 5.69 Å². The number of para-hydroxylation sites is 1. The van der Waals surface area contributed by atoms with Gasteiger partial charge < -0.3 is 14.8 Å².